The highest BCUT2D eigenvalue weighted by atomic mass is 79.9. The molecule has 25 heavy (non-hydrogen) atoms. The Kier molecular flexibility index (Phi) is 4.76. The van der Waals surface area contributed by atoms with Crippen molar-refractivity contribution < 1.29 is 14.3 Å². The minimum absolute atomic E-state index is 0.0798. The van der Waals surface area contributed by atoms with Gasteiger partial charge in [-0.05, 0) is 50.6 Å². The molecule has 0 radical (unpaired) electrons. The maximum atomic E-state index is 12.5. The fraction of sp³-hybridized carbons (Fsp3) is 0.278. The number of nitrogens with one attached hydrogen (secondary N) is 1. The fourth-order valence-electron chi connectivity index (χ4n) is 2.89. The molecule has 1 aromatic carbocycles. The third-order valence-electron chi connectivity index (χ3n) is 3.96. The van der Waals surface area contributed by atoms with E-state index in [-0.39, 0.29) is 25.0 Å². The second-order valence-corrected chi connectivity index (χ2v) is 6.89. The molecular formula is C18H18BrN3O3. The number of hydrogen-bond acceptors (Lipinski definition) is 4. The Labute approximate surface area is 154 Å². The lowest BCUT2D eigenvalue weighted by atomic mass is 10.1. The summed E-state index contributed by atoms with van der Waals surface area (Å²) in [6.07, 6.45) is 0. The molecule has 0 fully saturated rings. The number of benzene rings is 1. The van der Waals surface area contributed by atoms with Gasteiger partial charge in [-0.1, -0.05) is 15.9 Å². The van der Waals surface area contributed by atoms with Crippen LogP contribution in [-0.4, -0.2) is 29.9 Å². The molecule has 0 aliphatic carbocycles. The van der Waals surface area contributed by atoms with Crippen LogP contribution in [0, 0.1) is 20.8 Å². The molecule has 0 unspecified atom stereocenters. The zero-order chi connectivity index (χ0) is 18.1. The molecule has 2 heterocycles. The highest BCUT2D eigenvalue weighted by Gasteiger charge is 2.27. The Balaban J connectivity index is 1.81. The second kappa shape index (κ2) is 6.84. The number of nitrogens with zero attached hydrogens (tertiary/aromatic N) is 2. The number of rotatable bonds is 3. The van der Waals surface area contributed by atoms with E-state index < -0.39 is 0 Å². The smallest absolute Gasteiger partial charge is 0.265 e. The molecule has 3 rings (SSSR count). The van der Waals surface area contributed by atoms with Crippen molar-refractivity contribution in [2.45, 2.75) is 20.8 Å². The monoisotopic (exact) mass is 403 g/mol. The Morgan fingerprint density at radius 1 is 1.32 bits per heavy atom. The number of ether oxygens (including phenoxy) is 1. The van der Waals surface area contributed by atoms with Crippen LogP contribution in [0.5, 0.6) is 5.75 Å². The average Bonchev–Trinajstić information content (AvgIpc) is 2.53. The van der Waals surface area contributed by atoms with Gasteiger partial charge in [0.2, 0.25) is 5.91 Å². The first-order chi connectivity index (χ1) is 11.8. The van der Waals surface area contributed by atoms with Crippen molar-refractivity contribution in [1.82, 2.24) is 4.98 Å². The Morgan fingerprint density at radius 2 is 2.08 bits per heavy atom. The van der Waals surface area contributed by atoms with Crippen molar-refractivity contribution in [2.75, 3.05) is 23.4 Å². The number of aryl methyl sites for hydroxylation is 3. The lowest BCUT2D eigenvalue weighted by Crippen LogP contribution is -2.43. The van der Waals surface area contributed by atoms with Gasteiger partial charge in [0, 0.05) is 10.2 Å². The van der Waals surface area contributed by atoms with E-state index in [1.165, 1.54) is 4.90 Å². The number of amides is 2. The molecule has 0 saturated carbocycles. The number of pyridine rings is 1. The average molecular weight is 404 g/mol. The standard InChI is InChI=1S/C18H18BrN3O3/c1-10-6-11(2)20-12(3)18(10)21-16(23)8-22-14-5-4-13(19)7-15(14)25-9-17(22)24/h4-7H,8-9H2,1-3H3,(H,21,23). The van der Waals surface area contributed by atoms with Gasteiger partial charge in [0.25, 0.3) is 5.91 Å². The molecule has 2 aromatic rings. The van der Waals surface area contributed by atoms with E-state index >= 15 is 0 Å². The van der Waals surface area contributed by atoms with E-state index in [4.69, 9.17) is 4.74 Å². The zero-order valence-electron chi connectivity index (χ0n) is 14.2. The van der Waals surface area contributed by atoms with Gasteiger partial charge in [-0.25, -0.2) is 0 Å². The lowest BCUT2D eigenvalue weighted by molar-refractivity contribution is -0.123. The highest BCUT2D eigenvalue weighted by molar-refractivity contribution is 9.10. The molecule has 1 aliphatic rings. The van der Waals surface area contributed by atoms with Crippen LogP contribution in [0.25, 0.3) is 0 Å². The van der Waals surface area contributed by atoms with Gasteiger partial charge in [0.1, 0.15) is 12.3 Å². The normalized spacial score (nSPS) is 13.3. The molecule has 0 saturated heterocycles. The summed E-state index contributed by atoms with van der Waals surface area (Å²) in [6, 6.07) is 7.26. The molecule has 6 nitrogen and oxygen atoms in total. The van der Waals surface area contributed by atoms with E-state index in [2.05, 4.69) is 26.2 Å². The SMILES string of the molecule is Cc1cc(C)c(NC(=O)CN2C(=O)COc3cc(Br)ccc32)c(C)n1. The first kappa shape index (κ1) is 17.4. The fourth-order valence-corrected chi connectivity index (χ4v) is 3.23. The van der Waals surface area contributed by atoms with Crippen LogP contribution < -0.4 is 15.0 Å². The van der Waals surface area contributed by atoms with Crippen LogP contribution in [0.4, 0.5) is 11.4 Å². The molecule has 0 bridgehead atoms. The summed E-state index contributed by atoms with van der Waals surface area (Å²) in [5.41, 5.74) is 3.87. The number of fused-ring (bicyclic) bond motifs is 1. The molecule has 130 valence electrons. The van der Waals surface area contributed by atoms with Crippen molar-refractivity contribution in [3.05, 3.63) is 45.7 Å². The zero-order valence-corrected chi connectivity index (χ0v) is 15.8. The van der Waals surface area contributed by atoms with Crippen molar-refractivity contribution in [2.24, 2.45) is 0 Å². The van der Waals surface area contributed by atoms with Crippen LogP contribution in [0.3, 0.4) is 0 Å². The van der Waals surface area contributed by atoms with Crippen LogP contribution >= 0.6 is 15.9 Å². The highest BCUT2D eigenvalue weighted by Crippen LogP contribution is 2.34. The van der Waals surface area contributed by atoms with Gasteiger partial charge >= 0.3 is 0 Å². The van der Waals surface area contributed by atoms with Crippen molar-refractivity contribution in [3.8, 4) is 5.75 Å². The summed E-state index contributed by atoms with van der Waals surface area (Å²) in [4.78, 5) is 30.5. The minimum atomic E-state index is -0.277. The van der Waals surface area contributed by atoms with Gasteiger partial charge < -0.3 is 10.1 Å². The number of carbonyl (C=O) groups excluding carboxylic acids is 2. The summed E-state index contributed by atoms with van der Waals surface area (Å²) in [5, 5.41) is 2.87. The number of aromatic nitrogens is 1. The van der Waals surface area contributed by atoms with Crippen molar-refractivity contribution >= 4 is 39.1 Å². The van der Waals surface area contributed by atoms with Crippen molar-refractivity contribution in [3.63, 3.8) is 0 Å². The Morgan fingerprint density at radius 3 is 2.80 bits per heavy atom. The molecule has 0 spiro atoms. The van der Waals surface area contributed by atoms with Crippen LogP contribution in [-0.2, 0) is 9.59 Å². The first-order valence-corrected chi connectivity index (χ1v) is 8.62. The predicted molar refractivity (Wildman–Crippen MR) is 99.1 cm³/mol. The van der Waals surface area contributed by atoms with E-state index in [9.17, 15) is 9.59 Å². The Bertz CT molecular complexity index is 844. The van der Waals surface area contributed by atoms with E-state index in [1.54, 1.807) is 12.1 Å². The first-order valence-electron chi connectivity index (χ1n) is 7.82. The molecule has 1 aromatic heterocycles. The van der Waals surface area contributed by atoms with Gasteiger partial charge in [0.05, 0.1) is 17.1 Å². The quantitative estimate of drug-likeness (QED) is 0.854. The van der Waals surface area contributed by atoms with E-state index in [1.807, 2.05) is 32.9 Å². The predicted octanol–water partition coefficient (Wildman–Crippen LogP) is 3.13. The summed E-state index contributed by atoms with van der Waals surface area (Å²) in [6.45, 7) is 5.52. The minimum Gasteiger partial charge on any atom is -0.482 e. The molecule has 2 amide bonds. The summed E-state index contributed by atoms with van der Waals surface area (Å²) < 4.78 is 6.28. The summed E-state index contributed by atoms with van der Waals surface area (Å²) >= 11 is 3.37. The number of carbonyl (C=O) groups is 2. The third kappa shape index (κ3) is 3.66. The van der Waals surface area contributed by atoms with Gasteiger partial charge in [0.15, 0.2) is 6.61 Å². The second-order valence-electron chi connectivity index (χ2n) is 5.97. The Hall–Kier alpha value is -2.41. The van der Waals surface area contributed by atoms with Gasteiger partial charge in [-0.3, -0.25) is 19.5 Å². The summed E-state index contributed by atoms with van der Waals surface area (Å²) in [5.74, 6) is 0.0487. The van der Waals surface area contributed by atoms with E-state index in [0.29, 0.717) is 17.1 Å². The van der Waals surface area contributed by atoms with Gasteiger partial charge in [-0.15, -0.1) is 0 Å². The number of hydrogen-bond donors (Lipinski definition) is 1. The number of anilines is 2. The van der Waals surface area contributed by atoms with E-state index in [0.717, 1.165) is 21.4 Å². The van der Waals surface area contributed by atoms with Crippen LogP contribution in [0.2, 0.25) is 0 Å². The molecular weight excluding hydrogens is 386 g/mol. The third-order valence-corrected chi connectivity index (χ3v) is 4.45. The molecule has 7 heteroatoms. The topological polar surface area (TPSA) is 71.5 Å². The van der Waals surface area contributed by atoms with Crippen molar-refractivity contribution in [1.29, 1.82) is 0 Å². The number of halogens is 1. The molecule has 0 atom stereocenters. The molecule has 1 N–H and O–H groups in total. The lowest BCUT2D eigenvalue weighted by Gasteiger charge is -2.29. The van der Waals surface area contributed by atoms with Gasteiger partial charge in [-0.2, -0.15) is 0 Å². The summed E-state index contributed by atoms with van der Waals surface area (Å²) in [7, 11) is 0. The maximum Gasteiger partial charge on any atom is 0.265 e. The largest absolute Gasteiger partial charge is 0.482 e. The maximum absolute atomic E-state index is 12.5. The van der Waals surface area contributed by atoms with Crippen LogP contribution in [0.1, 0.15) is 17.0 Å². The van der Waals surface area contributed by atoms with Crippen LogP contribution in [0.15, 0.2) is 28.7 Å². The molecule has 1 aliphatic heterocycles.